The third-order valence-electron chi connectivity index (χ3n) is 3.80. The summed E-state index contributed by atoms with van der Waals surface area (Å²) in [4.78, 5) is 12.1. The van der Waals surface area contributed by atoms with E-state index >= 15 is 0 Å². The van der Waals surface area contributed by atoms with Gasteiger partial charge in [0.05, 0.1) is 0 Å². The number of nitrogens with one attached hydrogen (secondary N) is 1. The molecule has 1 saturated carbocycles. The maximum absolute atomic E-state index is 12.1. The first-order valence-electron chi connectivity index (χ1n) is 7.43. The zero-order valence-electron chi connectivity index (χ0n) is 11.8. The van der Waals surface area contributed by atoms with Gasteiger partial charge in [0.25, 0.3) is 0 Å². The molecule has 0 bridgehead atoms. The van der Waals surface area contributed by atoms with Gasteiger partial charge in [-0.15, -0.1) is 0 Å². The smallest absolute Gasteiger partial charge is 0.223 e. The highest BCUT2D eigenvalue weighted by Gasteiger charge is 2.24. The Balaban J connectivity index is 2.43. The number of rotatable bonds is 7. The topological polar surface area (TPSA) is 29.1 Å². The molecular weight excluding hydrogens is 210 g/mol. The van der Waals surface area contributed by atoms with Gasteiger partial charge < -0.3 is 5.32 Å². The Bertz CT molecular complexity index is 219. The van der Waals surface area contributed by atoms with E-state index in [-0.39, 0.29) is 12.0 Å². The fourth-order valence-electron chi connectivity index (χ4n) is 2.86. The van der Waals surface area contributed by atoms with Crippen molar-refractivity contribution in [1.29, 1.82) is 0 Å². The minimum atomic E-state index is 0.264. The van der Waals surface area contributed by atoms with E-state index in [1.165, 1.54) is 38.5 Å². The zero-order chi connectivity index (χ0) is 12.7. The quantitative estimate of drug-likeness (QED) is 0.717. The molecule has 1 amide bonds. The number of carbonyl (C=O) groups excluding carboxylic acids is 1. The van der Waals surface area contributed by atoms with Gasteiger partial charge in [-0.05, 0) is 32.6 Å². The molecular formula is C15H29NO. The van der Waals surface area contributed by atoms with Gasteiger partial charge >= 0.3 is 0 Å². The lowest BCUT2D eigenvalue weighted by Gasteiger charge is -2.21. The maximum Gasteiger partial charge on any atom is 0.223 e. The second kappa shape index (κ2) is 7.73. The van der Waals surface area contributed by atoms with Gasteiger partial charge in [0, 0.05) is 12.0 Å². The summed E-state index contributed by atoms with van der Waals surface area (Å²) in [6.45, 7) is 6.29. The monoisotopic (exact) mass is 239 g/mol. The van der Waals surface area contributed by atoms with Crippen molar-refractivity contribution in [3.63, 3.8) is 0 Å². The van der Waals surface area contributed by atoms with Crippen LogP contribution in [-0.2, 0) is 4.79 Å². The third-order valence-corrected chi connectivity index (χ3v) is 3.80. The molecule has 1 unspecified atom stereocenters. The van der Waals surface area contributed by atoms with Gasteiger partial charge in [0.15, 0.2) is 0 Å². The SMILES string of the molecule is CCCCC(CC1CCCC1)C(=O)NC(C)C. The first-order valence-corrected chi connectivity index (χ1v) is 7.43. The Morgan fingerprint density at radius 2 is 1.94 bits per heavy atom. The predicted molar refractivity (Wildman–Crippen MR) is 72.9 cm³/mol. The van der Waals surface area contributed by atoms with Crippen LogP contribution >= 0.6 is 0 Å². The second-order valence-electron chi connectivity index (χ2n) is 5.89. The molecule has 0 spiro atoms. The van der Waals surface area contributed by atoms with Crippen LogP contribution in [0.2, 0.25) is 0 Å². The molecule has 0 aromatic heterocycles. The van der Waals surface area contributed by atoms with Crippen LogP contribution in [0.5, 0.6) is 0 Å². The van der Waals surface area contributed by atoms with Crippen LogP contribution < -0.4 is 5.32 Å². The van der Waals surface area contributed by atoms with Gasteiger partial charge in [-0.2, -0.15) is 0 Å². The summed E-state index contributed by atoms with van der Waals surface area (Å²) in [5.41, 5.74) is 0. The third kappa shape index (κ3) is 5.56. The molecule has 1 aliphatic carbocycles. The summed E-state index contributed by atoms with van der Waals surface area (Å²) in [6.07, 6.45) is 10.0. The highest BCUT2D eigenvalue weighted by Crippen LogP contribution is 2.32. The highest BCUT2D eigenvalue weighted by atomic mass is 16.1. The fraction of sp³-hybridized carbons (Fsp3) is 0.933. The van der Waals surface area contributed by atoms with E-state index in [4.69, 9.17) is 0 Å². The molecule has 1 N–H and O–H groups in total. The Labute approximate surface area is 107 Å². The average molecular weight is 239 g/mol. The van der Waals surface area contributed by atoms with Gasteiger partial charge in [0.2, 0.25) is 5.91 Å². The molecule has 0 saturated heterocycles. The normalized spacial score (nSPS) is 18.6. The summed E-state index contributed by atoms with van der Waals surface area (Å²) in [7, 11) is 0. The first-order chi connectivity index (χ1) is 8.13. The molecule has 0 heterocycles. The summed E-state index contributed by atoms with van der Waals surface area (Å²) in [5, 5.41) is 3.09. The molecule has 1 fully saturated rings. The van der Waals surface area contributed by atoms with E-state index in [2.05, 4.69) is 12.2 Å². The standard InChI is InChI=1S/C15H29NO/c1-4-5-10-14(15(17)16-12(2)3)11-13-8-6-7-9-13/h12-14H,4-11H2,1-3H3,(H,16,17). The molecule has 1 aliphatic rings. The van der Waals surface area contributed by atoms with Crippen molar-refractivity contribution in [2.24, 2.45) is 11.8 Å². The Hall–Kier alpha value is -0.530. The summed E-state index contributed by atoms with van der Waals surface area (Å²) in [6, 6.07) is 0.273. The fourth-order valence-corrected chi connectivity index (χ4v) is 2.86. The van der Waals surface area contributed by atoms with Crippen molar-refractivity contribution in [1.82, 2.24) is 5.32 Å². The lowest BCUT2D eigenvalue weighted by Crippen LogP contribution is -2.36. The molecule has 0 aromatic carbocycles. The predicted octanol–water partition coefficient (Wildman–Crippen LogP) is 3.90. The highest BCUT2D eigenvalue weighted by molar-refractivity contribution is 5.78. The van der Waals surface area contributed by atoms with E-state index in [0.717, 1.165) is 18.8 Å². The molecule has 2 nitrogen and oxygen atoms in total. The molecule has 0 radical (unpaired) electrons. The summed E-state index contributed by atoms with van der Waals surface area (Å²) in [5.74, 6) is 1.37. The second-order valence-corrected chi connectivity index (χ2v) is 5.89. The number of carbonyl (C=O) groups is 1. The van der Waals surface area contributed by atoms with Crippen LogP contribution in [0.3, 0.4) is 0 Å². The minimum absolute atomic E-state index is 0.264. The van der Waals surface area contributed by atoms with Crippen LogP contribution in [0.25, 0.3) is 0 Å². The lowest BCUT2D eigenvalue weighted by molar-refractivity contribution is -0.126. The maximum atomic E-state index is 12.1. The van der Waals surface area contributed by atoms with E-state index in [0.29, 0.717) is 5.91 Å². The number of hydrogen-bond donors (Lipinski definition) is 1. The van der Waals surface area contributed by atoms with Crippen molar-refractivity contribution in [3.8, 4) is 0 Å². The minimum Gasteiger partial charge on any atom is -0.354 e. The molecule has 1 rings (SSSR count). The molecule has 100 valence electrons. The molecule has 0 aromatic rings. The Kier molecular flexibility index (Phi) is 6.61. The van der Waals surface area contributed by atoms with E-state index in [9.17, 15) is 4.79 Å². The van der Waals surface area contributed by atoms with E-state index in [1.54, 1.807) is 0 Å². The van der Waals surface area contributed by atoms with Crippen LogP contribution in [0, 0.1) is 11.8 Å². The van der Waals surface area contributed by atoms with E-state index < -0.39 is 0 Å². The van der Waals surface area contributed by atoms with Crippen molar-refractivity contribution in [3.05, 3.63) is 0 Å². The number of hydrogen-bond acceptors (Lipinski definition) is 1. The van der Waals surface area contributed by atoms with Gasteiger partial charge in [0.1, 0.15) is 0 Å². The average Bonchev–Trinajstić information content (AvgIpc) is 2.75. The van der Waals surface area contributed by atoms with Gasteiger partial charge in [-0.1, -0.05) is 45.4 Å². The van der Waals surface area contributed by atoms with Crippen LogP contribution in [0.4, 0.5) is 0 Å². The molecule has 2 heteroatoms. The Morgan fingerprint density at radius 3 is 2.47 bits per heavy atom. The molecule has 1 atom stereocenters. The van der Waals surface area contributed by atoms with Gasteiger partial charge in [-0.3, -0.25) is 4.79 Å². The summed E-state index contributed by atoms with van der Waals surface area (Å²) >= 11 is 0. The van der Waals surface area contributed by atoms with E-state index in [1.807, 2.05) is 13.8 Å². The van der Waals surface area contributed by atoms with Crippen molar-refractivity contribution in [2.45, 2.75) is 78.2 Å². The first kappa shape index (κ1) is 14.5. The number of unbranched alkanes of at least 4 members (excludes halogenated alkanes) is 1. The van der Waals surface area contributed by atoms with Gasteiger partial charge in [-0.25, -0.2) is 0 Å². The van der Waals surface area contributed by atoms with Crippen molar-refractivity contribution in [2.75, 3.05) is 0 Å². The van der Waals surface area contributed by atoms with Crippen LogP contribution in [0.15, 0.2) is 0 Å². The molecule has 0 aliphatic heterocycles. The Morgan fingerprint density at radius 1 is 1.29 bits per heavy atom. The molecule has 17 heavy (non-hydrogen) atoms. The largest absolute Gasteiger partial charge is 0.354 e. The van der Waals surface area contributed by atoms with Crippen molar-refractivity contribution < 1.29 is 4.79 Å². The number of amides is 1. The van der Waals surface area contributed by atoms with Crippen LogP contribution in [0.1, 0.15) is 72.1 Å². The lowest BCUT2D eigenvalue weighted by atomic mass is 9.89. The van der Waals surface area contributed by atoms with Crippen LogP contribution in [-0.4, -0.2) is 11.9 Å². The zero-order valence-corrected chi connectivity index (χ0v) is 11.8. The van der Waals surface area contributed by atoms with Crippen molar-refractivity contribution >= 4 is 5.91 Å². The summed E-state index contributed by atoms with van der Waals surface area (Å²) < 4.78 is 0.